The zero-order chi connectivity index (χ0) is 19.0. The van der Waals surface area contributed by atoms with Crippen LogP contribution < -0.4 is 4.90 Å². The van der Waals surface area contributed by atoms with Crippen LogP contribution in [0.1, 0.15) is 31.3 Å². The number of amides is 3. The first-order valence-corrected chi connectivity index (χ1v) is 8.92. The second-order valence-electron chi connectivity index (χ2n) is 5.89. The SMILES string of the molecule is O=C1c2ccccc2C(=O)N1CN(C(=O)c1ccco1)c1ccccc1Br. The lowest BCUT2D eigenvalue weighted by atomic mass is 10.1. The van der Waals surface area contributed by atoms with Gasteiger partial charge >= 0.3 is 0 Å². The topological polar surface area (TPSA) is 70.8 Å². The third-order valence-electron chi connectivity index (χ3n) is 4.28. The fourth-order valence-corrected chi connectivity index (χ4v) is 3.46. The molecule has 0 saturated carbocycles. The van der Waals surface area contributed by atoms with Gasteiger partial charge in [-0.05, 0) is 52.3 Å². The first kappa shape index (κ1) is 17.2. The monoisotopic (exact) mass is 424 g/mol. The summed E-state index contributed by atoms with van der Waals surface area (Å²) in [5.41, 5.74) is 1.19. The summed E-state index contributed by atoms with van der Waals surface area (Å²) in [6.45, 7) is -0.228. The summed E-state index contributed by atoms with van der Waals surface area (Å²) in [5, 5.41) is 0. The van der Waals surface area contributed by atoms with Gasteiger partial charge in [0, 0.05) is 4.47 Å². The summed E-state index contributed by atoms with van der Waals surface area (Å²) in [6, 6.07) is 16.8. The summed E-state index contributed by atoms with van der Waals surface area (Å²) in [5.74, 6) is -1.20. The van der Waals surface area contributed by atoms with Gasteiger partial charge in [-0.3, -0.25) is 24.2 Å². The van der Waals surface area contributed by atoms with E-state index in [9.17, 15) is 14.4 Å². The molecular formula is C20H13BrN2O4. The Morgan fingerprint density at radius 1 is 0.926 bits per heavy atom. The summed E-state index contributed by atoms with van der Waals surface area (Å²) in [4.78, 5) is 40.8. The molecular weight excluding hydrogens is 412 g/mol. The molecule has 134 valence electrons. The van der Waals surface area contributed by atoms with Gasteiger partial charge in [0.2, 0.25) is 0 Å². The average Bonchev–Trinajstić information content (AvgIpc) is 3.30. The number of furan rings is 1. The molecule has 3 amide bonds. The molecule has 0 aliphatic carbocycles. The van der Waals surface area contributed by atoms with E-state index in [1.165, 1.54) is 17.2 Å². The van der Waals surface area contributed by atoms with Gasteiger partial charge in [-0.1, -0.05) is 24.3 Å². The van der Waals surface area contributed by atoms with Crippen molar-refractivity contribution in [3.05, 3.63) is 88.3 Å². The highest BCUT2D eigenvalue weighted by Crippen LogP contribution is 2.30. The lowest BCUT2D eigenvalue weighted by Crippen LogP contribution is -2.44. The highest BCUT2D eigenvalue weighted by molar-refractivity contribution is 9.10. The zero-order valence-electron chi connectivity index (χ0n) is 14.0. The van der Waals surface area contributed by atoms with Crippen LogP contribution in [0.15, 0.2) is 75.8 Å². The quantitative estimate of drug-likeness (QED) is 0.594. The molecule has 0 saturated heterocycles. The van der Waals surface area contributed by atoms with E-state index < -0.39 is 17.7 Å². The molecule has 0 spiro atoms. The number of fused-ring (bicyclic) bond motifs is 1. The Bertz CT molecular complexity index is 1010. The summed E-state index contributed by atoms with van der Waals surface area (Å²) >= 11 is 3.42. The minimum atomic E-state index is -0.455. The van der Waals surface area contributed by atoms with E-state index in [1.807, 2.05) is 6.07 Å². The second-order valence-corrected chi connectivity index (χ2v) is 6.74. The van der Waals surface area contributed by atoms with E-state index in [2.05, 4.69) is 15.9 Å². The van der Waals surface area contributed by atoms with Crippen molar-refractivity contribution < 1.29 is 18.8 Å². The number of halogens is 1. The molecule has 27 heavy (non-hydrogen) atoms. The molecule has 6 nitrogen and oxygen atoms in total. The van der Waals surface area contributed by atoms with Crippen LogP contribution in [-0.4, -0.2) is 29.3 Å². The number of benzene rings is 2. The van der Waals surface area contributed by atoms with Gasteiger partial charge in [-0.2, -0.15) is 0 Å². The second kappa shape index (κ2) is 6.85. The Morgan fingerprint density at radius 3 is 2.15 bits per heavy atom. The fraction of sp³-hybridized carbons (Fsp3) is 0.0500. The lowest BCUT2D eigenvalue weighted by molar-refractivity contribution is 0.0649. The van der Waals surface area contributed by atoms with Crippen LogP contribution in [0.4, 0.5) is 5.69 Å². The van der Waals surface area contributed by atoms with Gasteiger partial charge in [0.05, 0.1) is 23.1 Å². The number of imide groups is 1. The van der Waals surface area contributed by atoms with Gasteiger partial charge in [-0.15, -0.1) is 0 Å². The first-order chi connectivity index (χ1) is 13.1. The van der Waals surface area contributed by atoms with Crippen LogP contribution in [0.3, 0.4) is 0 Å². The average molecular weight is 425 g/mol. The van der Waals surface area contributed by atoms with Crippen LogP contribution in [0.25, 0.3) is 0 Å². The van der Waals surface area contributed by atoms with Gasteiger partial charge < -0.3 is 4.42 Å². The molecule has 0 N–H and O–H groups in total. The number of nitrogens with zero attached hydrogens (tertiary/aromatic N) is 2. The van der Waals surface area contributed by atoms with E-state index in [4.69, 9.17) is 4.42 Å². The first-order valence-electron chi connectivity index (χ1n) is 8.13. The van der Waals surface area contributed by atoms with Crippen molar-refractivity contribution in [1.29, 1.82) is 0 Å². The Labute approximate surface area is 163 Å². The molecule has 0 unspecified atom stereocenters. The van der Waals surface area contributed by atoms with Gasteiger partial charge in [0.1, 0.15) is 6.67 Å². The maximum atomic E-state index is 13.0. The molecule has 1 aliphatic rings. The minimum absolute atomic E-state index is 0.113. The van der Waals surface area contributed by atoms with Crippen molar-refractivity contribution in [3.63, 3.8) is 0 Å². The largest absolute Gasteiger partial charge is 0.459 e. The molecule has 0 atom stereocenters. The van der Waals surface area contributed by atoms with Gasteiger partial charge in [0.25, 0.3) is 17.7 Å². The van der Waals surface area contributed by atoms with Gasteiger partial charge in [0.15, 0.2) is 5.76 Å². The van der Waals surface area contributed by atoms with E-state index in [1.54, 1.807) is 48.5 Å². The van der Waals surface area contributed by atoms with Crippen LogP contribution in [0, 0.1) is 0 Å². The smallest absolute Gasteiger partial charge is 0.295 e. The molecule has 1 aliphatic heterocycles. The van der Waals surface area contributed by atoms with E-state index in [0.29, 0.717) is 21.3 Å². The summed E-state index contributed by atoms with van der Waals surface area (Å²) < 4.78 is 5.88. The highest BCUT2D eigenvalue weighted by Gasteiger charge is 2.37. The lowest BCUT2D eigenvalue weighted by Gasteiger charge is -2.27. The minimum Gasteiger partial charge on any atom is -0.459 e. The van der Waals surface area contributed by atoms with E-state index in [-0.39, 0.29) is 12.4 Å². The summed E-state index contributed by atoms with van der Waals surface area (Å²) in [6.07, 6.45) is 1.40. The summed E-state index contributed by atoms with van der Waals surface area (Å²) in [7, 11) is 0. The molecule has 0 fully saturated rings. The molecule has 2 heterocycles. The molecule has 1 aromatic heterocycles. The molecule has 0 bridgehead atoms. The predicted molar refractivity (Wildman–Crippen MR) is 101 cm³/mol. The number of carbonyl (C=O) groups is 3. The Kier molecular flexibility index (Phi) is 4.37. The third-order valence-corrected chi connectivity index (χ3v) is 4.95. The number of para-hydroxylation sites is 1. The molecule has 0 radical (unpaired) electrons. The maximum Gasteiger partial charge on any atom is 0.295 e. The van der Waals surface area contributed by atoms with E-state index >= 15 is 0 Å². The van der Waals surface area contributed by atoms with Crippen molar-refractivity contribution in [2.45, 2.75) is 0 Å². The van der Waals surface area contributed by atoms with Crippen LogP contribution in [0.5, 0.6) is 0 Å². The van der Waals surface area contributed by atoms with Gasteiger partial charge in [-0.25, -0.2) is 0 Å². The molecule has 4 rings (SSSR count). The third kappa shape index (κ3) is 2.96. The van der Waals surface area contributed by atoms with E-state index in [0.717, 1.165) is 4.90 Å². The number of rotatable bonds is 4. The number of carbonyl (C=O) groups excluding carboxylic acids is 3. The van der Waals surface area contributed by atoms with Crippen LogP contribution >= 0.6 is 15.9 Å². The molecule has 2 aromatic carbocycles. The van der Waals surface area contributed by atoms with Crippen LogP contribution in [-0.2, 0) is 0 Å². The van der Waals surface area contributed by atoms with Crippen molar-refractivity contribution in [3.8, 4) is 0 Å². The van der Waals surface area contributed by atoms with Crippen LogP contribution in [0.2, 0.25) is 0 Å². The standard InChI is InChI=1S/C20H13BrN2O4/c21-15-8-3-4-9-16(15)22(20(26)17-10-5-11-27-17)12-23-18(24)13-6-1-2-7-14(13)19(23)25/h1-11H,12H2. The van der Waals surface area contributed by atoms with Crippen molar-refractivity contribution in [2.75, 3.05) is 11.6 Å². The zero-order valence-corrected chi connectivity index (χ0v) is 15.5. The number of hydrogen-bond donors (Lipinski definition) is 0. The Balaban J connectivity index is 1.73. The number of anilines is 1. The number of hydrogen-bond acceptors (Lipinski definition) is 4. The predicted octanol–water partition coefficient (Wildman–Crippen LogP) is 3.94. The van der Waals surface area contributed by atoms with Crippen molar-refractivity contribution in [2.24, 2.45) is 0 Å². The Morgan fingerprint density at radius 2 is 1.56 bits per heavy atom. The van der Waals surface area contributed by atoms with Crippen molar-refractivity contribution in [1.82, 2.24) is 4.90 Å². The maximum absolute atomic E-state index is 13.0. The fourth-order valence-electron chi connectivity index (χ4n) is 2.96. The van der Waals surface area contributed by atoms with Crippen molar-refractivity contribution >= 4 is 39.3 Å². The Hall–Kier alpha value is -3.19. The molecule has 3 aromatic rings. The highest BCUT2D eigenvalue weighted by atomic mass is 79.9. The normalized spacial score (nSPS) is 13.0. The molecule has 7 heteroatoms.